The molecule has 0 radical (unpaired) electrons. The first kappa shape index (κ1) is 22.1. The van der Waals surface area contributed by atoms with E-state index < -0.39 is 0 Å². The predicted molar refractivity (Wildman–Crippen MR) is 108 cm³/mol. The Hall–Kier alpha value is -0.900. The Balaban J connectivity index is 0.00000484. The Morgan fingerprint density at radius 1 is 1.43 bits per heavy atom. The molecular formula is C15H28IN5OS. The second-order valence-electron chi connectivity index (χ2n) is 5.51. The van der Waals surface area contributed by atoms with Crippen LogP contribution in [0.4, 0.5) is 0 Å². The maximum atomic E-state index is 11.7. The first-order valence-corrected chi connectivity index (χ1v) is 8.42. The summed E-state index contributed by atoms with van der Waals surface area (Å²) in [6.45, 7) is 6.06. The lowest BCUT2D eigenvalue weighted by Crippen LogP contribution is -2.41. The minimum Gasteiger partial charge on any atom is -0.356 e. The van der Waals surface area contributed by atoms with Gasteiger partial charge in [-0.05, 0) is 6.42 Å². The summed E-state index contributed by atoms with van der Waals surface area (Å²) >= 11 is 1.67. The molecule has 0 fully saturated rings. The summed E-state index contributed by atoms with van der Waals surface area (Å²) in [4.78, 5) is 24.1. The number of carbonyl (C=O) groups is 1. The fraction of sp³-hybridized carbons (Fsp3) is 0.667. The van der Waals surface area contributed by atoms with Crippen LogP contribution >= 0.6 is 35.3 Å². The van der Waals surface area contributed by atoms with Gasteiger partial charge in [-0.15, -0.1) is 35.3 Å². The van der Waals surface area contributed by atoms with Gasteiger partial charge in [0.1, 0.15) is 6.54 Å². The van der Waals surface area contributed by atoms with E-state index in [2.05, 4.69) is 34.0 Å². The number of aromatic nitrogens is 1. The van der Waals surface area contributed by atoms with Crippen molar-refractivity contribution in [2.75, 3.05) is 40.8 Å². The summed E-state index contributed by atoms with van der Waals surface area (Å²) < 4.78 is 0. The molecule has 0 saturated carbocycles. The van der Waals surface area contributed by atoms with Gasteiger partial charge in [-0.1, -0.05) is 13.8 Å². The van der Waals surface area contributed by atoms with Gasteiger partial charge in [0, 0.05) is 51.7 Å². The fourth-order valence-corrected chi connectivity index (χ4v) is 2.58. The monoisotopic (exact) mass is 453 g/mol. The van der Waals surface area contributed by atoms with Crippen molar-refractivity contribution < 1.29 is 4.79 Å². The van der Waals surface area contributed by atoms with Crippen molar-refractivity contribution in [1.82, 2.24) is 20.1 Å². The largest absolute Gasteiger partial charge is 0.356 e. The van der Waals surface area contributed by atoms with Crippen LogP contribution in [0.1, 0.15) is 31.2 Å². The normalized spacial score (nSPS) is 12.3. The van der Waals surface area contributed by atoms with Crippen LogP contribution in [0, 0.1) is 0 Å². The second kappa shape index (κ2) is 11.6. The molecule has 6 nitrogen and oxygen atoms in total. The number of guanidine groups is 1. The van der Waals surface area contributed by atoms with Gasteiger partial charge in [0.2, 0.25) is 5.91 Å². The van der Waals surface area contributed by atoms with Gasteiger partial charge in [-0.3, -0.25) is 4.79 Å². The third-order valence-electron chi connectivity index (χ3n) is 3.18. The van der Waals surface area contributed by atoms with Gasteiger partial charge in [-0.2, -0.15) is 0 Å². The molecule has 23 heavy (non-hydrogen) atoms. The van der Waals surface area contributed by atoms with E-state index in [1.54, 1.807) is 30.3 Å². The molecule has 0 saturated heterocycles. The van der Waals surface area contributed by atoms with Crippen molar-refractivity contribution in [2.45, 2.75) is 26.2 Å². The zero-order chi connectivity index (χ0) is 16.5. The lowest BCUT2D eigenvalue weighted by molar-refractivity contribution is -0.127. The number of hydrogen-bond donors (Lipinski definition) is 1. The van der Waals surface area contributed by atoms with Crippen molar-refractivity contribution in [1.29, 1.82) is 0 Å². The Bertz CT molecular complexity index is 478. The molecule has 0 spiro atoms. The van der Waals surface area contributed by atoms with Gasteiger partial charge in [-0.25, -0.2) is 9.98 Å². The maximum absolute atomic E-state index is 11.7. The Kier molecular flexibility index (Phi) is 11.2. The molecule has 132 valence electrons. The van der Waals surface area contributed by atoms with E-state index in [0.717, 1.165) is 30.5 Å². The topological polar surface area (TPSA) is 60.8 Å². The highest BCUT2D eigenvalue weighted by Crippen LogP contribution is 2.18. The summed E-state index contributed by atoms with van der Waals surface area (Å²) in [6.07, 6.45) is 2.84. The third kappa shape index (κ3) is 7.96. The molecular weight excluding hydrogens is 425 g/mol. The average Bonchev–Trinajstić information content (AvgIpc) is 3.01. The summed E-state index contributed by atoms with van der Waals surface area (Å²) in [6, 6.07) is 0. The van der Waals surface area contributed by atoms with Crippen LogP contribution in [0.2, 0.25) is 0 Å². The van der Waals surface area contributed by atoms with Crippen molar-refractivity contribution in [3.05, 3.63) is 16.6 Å². The van der Waals surface area contributed by atoms with E-state index in [-0.39, 0.29) is 36.4 Å². The quantitative estimate of drug-likeness (QED) is 0.391. The molecule has 0 aliphatic rings. The van der Waals surface area contributed by atoms with Gasteiger partial charge in [0.05, 0.1) is 5.01 Å². The number of rotatable bonds is 7. The lowest BCUT2D eigenvalue weighted by Gasteiger charge is -2.25. The third-order valence-corrected chi connectivity index (χ3v) is 4.19. The molecule has 1 N–H and O–H groups in total. The fourth-order valence-electron chi connectivity index (χ4n) is 1.89. The van der Waals surface area contributed by atoms with Crippen LogP contribution in [0.5, 0.6) is 0 Å². The van der Waals surface area contributed by atoms with Crippen LogP contribution in [0.15, 0.2) is 16.6 Å². The van der Waals surface area contributed by atoms with Crippen molar-refractivity contribution in [3.63, 3.8) is 0 Å². The average molecular weight is 453 g/mol. The molecule has 8 heteroatoms. The molecule has 1 atom stereocenters. The van der Waals surface area contributed by atoms with Crippen molar-refractivity contribution in [2.24, 2.45) is 4.99 Å². The van der Waals surface area contributed by atoms with E-state index in [1.807, 2.05) is 18.6 Å². The number of amides is 1. The van der Waals surface area contributed by atoms with Crippen LogP contribution in [-0.4, -0.2) is 67.4 Å². The molecule has 1 aromatic heterocycles. The van der Waals surface area contributed by atoms with Crippen molar-refractivity contribution >= 4 is 47.2 Å². The zero-order valence-electron chi connectivity index (χ0n) is 14.6. The van der Waals surface area contributed by atoms with Crippen molar-refractivity contribution in [3.8, 4) is 0 Å². The summed E-state index contributed by atoms with van der Waals surface area (Å²) in [5, 5.41) is 6.41. The number of halogens is 1. The standard InChI is InChI=1S/C15H27N5OS.HI/c1-6-7-17-15(18-10-13(21)19(3)4)20(5)11-12(2)14-16-8-9-22-14;/h8-9,12H,6-7,10-11H2,1-5H3,(H,17,18);1H. The first-order valence-electron chi connectivity index (χ1n) is 7.54. The van der Waals surface area contributed by atoms with E-state index in [9.17, 15) is 4.79 Å². The van der Waals surface area contributed by atoms with Crippen LogP contribution in [-0.2, 0) is 4.79 Å². The van der Waals surface area contributed by atoms with Gasteiger partial charge >= 0.3 is 0 Å². The highest BCUT2D eigenvalue weighted by molar-refractivity contribution is 14.0. The molecule has 0 aliphatic heterocycles. The second-order valence-corrected chi connectivity index (χ2v) is 6.43. The SMILES string of the molecule is CCCNC(=NCC(=O)N(C)C)N(C)CC(C)c1nccs1.I. The predicted octanol–water partition coefficient (Wildman–Crippen LogP) is 2.24. The smallest absolute Gasteiger partial charge is 0.243 e. The first-order chi connectivity index (χ1) is 10.5. The van der Waals surface area contributed by atoms with Gasteiger partial charge in [0.15, 0.2) is 5.96 Å². The maximum Gasteiger partial charge on any atom is 0.243 e. The molecule has 1 heterocycles. The van der Waals surface area contributed by atoms with E-state index in [0.29, 0.717) is 5.92 Å². The molecule has 0 bridgehead atoms. The number of nitrogens with zero attached hydrogens (tertiary/aromatic N) is 4. The molecule has 0 aromatic carbocycles. The van der Waals surface area contributed by atoms with E-state index in [1.165, 1.54) is 0 Å². The Morgan fingerprint density at radius 3 is 2.65 bits per heavy atom. The summed E-state index contributed by atoms with van der Waals surface area (Å²) in [5.41, 5.74) is 0. The highest BCUT2D eigenvalue weighted by atomic mass is 127. The molecule has 0 aliphatic carbocycles. The number of aliphatic imine (C=N–C) groups is 1. The number of hydrogen-bond acceptors (Lipinski definition) is 4. The van der Waals surface area contributed by atoms with E-state index in [4.69, 9.17) is 0 Å². The minimum absolute atomic E-state index is 0. The van der Waals surface area contributed by atoms with Crippen LogP contribution < -0.4 is 5.32 Å². The lowest BCUT2D eigenvalue weighted by atomic mass is 10.2. The number of nitrogens with one attached hydrogen (secondary N) is 1. The summed E-state index contributed by atoms with van der Waals surface area (Å²) in [7, 11) is 5.47. The van der Waals surface area contributed by atoms with E-state index >= 15 is 0 Å². The Labute approximate surface area is 160 Å². The van der Waals surface area contributed by atoms with Crippen LogP contribution in [0.3, 0.4) is 0 Å². The molecule has 1 amide bonds. The Morgan fingerprint density at radius 2 is 2.13 bits per heavy atom. The van der Waals surface area contributed by atoms with Gasteiger partial charge in [0.25, 0.3) is 0 Å². The number of carbonyl (C=O) groups excluding carboxylic acids is 1. The molecule has 1 unspecified atom stereocenters. The molecule has 1 aromatic rings. The summed E-state index contributed by atoms with van der Waals surface area (Å²) in [5.74, 6) is 1.08. The number of likely N-dealkylation sites (N-methyl/N-ethyl adjacent to an activating group) is 2. The highest BCUT2D eigenvalue weighted by Gasteiger charge is 2.14. The number of thiazole rings is 1. The molecule has 1 rings (SSSR count). The minimum atomic E-state index is -0.00262. The van der Waals surface area contributed by atoms with Gasteiger partial charge < -0.3 is 15.1 Å². The van der Waals surface area contributed by atoms with Crippen LogP contribution in [0.25, 0.3) is 0 Å². The zero-order valence-corrected chi connectivity index (χ0v) is 17.7.